The maximum Gasteiger partial charge on any atom is -1.00 e. The van der Waals surface area contributed by atoms with Crippen molar-refractivity contribution in [1.82, 2.24) is 3.80 Å². The Bertz CT molecular complexity index is 380. The van der Waals surface area contributed by atoms with E-state index in [4.69, 9.17) is 0 Å². The minimum Gasteiger partial charge on any atom is -1.00 e. The average Bonchev–Trinajstić information content (AvgIpc) is 2.51. The molecule has 0 heterocycles. The van der Waals surface area contributed by atoms with Gasteiger partial charge in [-0.15, -0.1) is 0 Å². The van der Waals surface area contributed by atoms with Crippen LogP contribution in [-0.4, -0.2) is 12.7 Å². The standard InChI is InChI=1S/C9H13.C4H10N.C2H7Si.2ClH.Ti/c1-6-5-7(2)9(4)8(6)3;1-3-4(2)5;1-3-2;;;/h6H,1-4H3;4-5H,3H2,1-2H3;3H,1-2H3;2*1H;/q;-1;;;;+3/p-2. The van der Waals surface area contributed by atoms with Gasteiger partial charge in [-0.3, -0.25) is 0 Å². The fourth-order valence-corrected chi connectivity index (χ4v) is 14.6. The van der Waals surface area contributed by atoms with E-state index < -0.39 is 24.0 Å². The van der Waals surface area contributed by atoms with Gasteiger partial charge in [-0.05, 0) is 0 Å². The summed E-state index contributed by atoms with van der Waals surface area (Å²) in [6, 6.07) is 0.698. The van der Waals surface area contributed by atoms with Crippen LogP contribution in [0.1, 0.15) is 48.0 Å². The predicted octanol–water partition coefficient (Wildman–Crippen LogP) is -1.84. The first-order valence-electron chi connectivity index (χ1n) is 7.33. The van der Waals surface area contributed by atoms with Crippen LogP contribution in [0.2, 0.25) is 13.1 Å². The zero-order chi connectivity index (χ0) is 14.0. The van der Waals surface area contributed by atoms with Crippen LogP contribution >= 0.6 is 0 Å². The summed E-state index contributed by atoms with van der Waals surface area (Å²) < 4.78 is 5.91. The fraction of sp³-hybridized carbons (Fsp3) is 0.733. The molecule has 0 saturated carbocycles. The summed E-state index contributed by atoms with van der Waals surface area (Å²) in [6.45, 7) is 18.6. The van der Waals surface area contributed by atoms with Crippen molar-refractivity contribution in [3.8, 4) is 0 Å². The van der Waals surface area contributed by atoms with Crippen LogP contribution in [0.15, 0.2) is 20.6 Å². The fourth-order valence-electron chi connectivity index (χ4n) is 2.72. The van der Waals surface area contributed by atoms with Crippen molar-refractivity contribution >= 4 is 6.66 Å². The van der Waals surface area contributed by atoms with Gasteiger partial charge in [0, 0.05) is 0 Å². The van der Waals surface area contributed by atoms with Crippen molar-refractivity contribution in [3.05, 3.63) is 20.6 Å². The third-order valence-corrected chi connectivity index (χ3v) is 16.5. The van der Waals surface area contributed by atoms with Crippen molar-refractivity contribution in [2.75, 3.05) is 0 Å². The average molecular weight is 371 g/mol. The van der Waals surface area contributed by atoms with Gasteiger partial charge in [0.15, 0.2) is 0 Å². The SMILES string of the molecule is CCC(C)[NH][Ti+2]([C]1=C(C)C(C)=C(C)C1C)[SiH](C)C.[Cl-].[Cl-]. The first kappa shape index (κ1) is 23.2. The summed E-state index contributed by atoms with van der Waals surface area (Å²) in [7, 11) is 0. The summed E-state index contributed by atoms with van der Waals surface area (Å²) in [5, 5.41) is 0. The molecule has 0 aromatic rings. The van der Waals surface area contributed by atoms with Crippen molar-refractivity contribution in [2.24, 2.45) is 5.92 Å². The molecule has 1 aliphatic rings. The van der Waals surface area contributed by atoms with Gasteiger partial charge in [0.25, 0.3) is 0 Å². The molecule has 2 unspecified atom stereocenters. The maximum atomic E-state index is 4.05. The Labute approximate surface area is 145 Å². The Balaban J connectivity index is 0. The van der Waals surface area contributed by atoms with Gasteiger partial charge in [0.1, 0.15) is 0 Å². The third kappa shape index (κ3) is 5.00. The molecule has 0 fully saturated rings. The zero-order valence-electron chi connectivity index (χ0n) is 14.2. The summed E-state index contributed by atoms with van der Waals surface area (Å²) in [5.41, 5.74) is 4.82. The van der Waals surface area contributed by atoms with Crippen LogP contribution in [0.3, 0.4) is 0 Å². The Kier molecular flexibility index (Phi) is 11.5. The van der Waals surface area contributed by atoms with E-state index >= 15 is 0 Å². The Morgan fingerprint density at radius 3 is 1.95 bits per heavy atom. The maximum absolute atomic E-state index is 4.05. The molecule has 0 aliphatic heterocycles. The summed E-state index contributed by atoms with van der Waals surface area (Å²) in [6.07, 6.45) is 1.25. The topological polar surface area (TPSA) is 12.0 Å². The molecule has 0 spiro atoms. The van der Waals surface area contributed by atoms with E-state index in [2.05, 4.69) is 58.4 Å². The number of hydrogen-bond acceptors (Lipinski definition) is 1. The number of allylic oxidation sites excluding steroid dienone is 4. The molecule has 1 rings (SSSR count). The number of nitrogens with one attached hydrogen (secondary N) is 1. The van der Waals surface area contributed by atoms with Gasteiger partial charge < -0.3 is 24.8 Å². The molecule has 1 N–H and O–H groups in total. The van der Waals surface area contributed by atoms with Crippen molar-refractivity contribution in [3.63, 3.8) is 0 Å². The van der Waals surface area contributed by atoms with E-state index in [1.807, 2.05) is 3.88 Å². The first-order valence-corrected chi connectivity index (χ1v) is 14.5. The van der Waals surface area contributed by atoms with E-state index in [-0.39, 0.29) is 24.8 Å². The largest absolute Gasteiger partial charge is 1.00 e. The molecule has 1 nitrogen and oxygen atoms in total. The second-order valence-corrected chi connectivity index (χ2v) is 18.8. The quantitative estimate of drug-likeness (QED) is 0.561. The predicted molar refractivity (Wildman–Crippen MR) is 82.0 cm³/mol. The molecule has 0 bridgehead atoms. The summed E-state index contributed by atoms with van der Waals surface area (Å²) >= 11 is -1.21. The Morgan fingerprint density at radius 1 is 1.15 bits per heavy atom. The molecule has 0 radical (unpaired) electrons. The van der Waals surface area contributed by atoms with E-state index in [1.165, 1.54) is 6.42 Å². The van der Waals surface area contributed by atoms with Crippen LogP contribution in [0.5, 0.6) is 0 Å². The zero-order valence-corrected chi connectivity index (χ0v) is 18.4. The van der Waals surface area contributed by atoms with E-state index in [0.29, 0.717) is 12.0 Å². The van der Waals surface area contributed by atoms with Gasteiger partial charge >= 0.3 is 121 Å². The second-order valence-electron chi connectivity index (χ2n) is 6.09. The molecule has 0 aromatic heterocycles. The van der Waals surface area contributed by atoms with Gasteiger partial charge in [0.05, 0.1) is 0 Å². The van der Waals surface area contributed by atoms with E-state index in [1.54, 1.807) is 16.7 Å². The van der Waals surface area contributed by atoms with Crippen molar-refractivity contribution in [2.45, 2.75) is 67.1 Å². The van der Waals surface area contributed by atoms with Crippen molar-refractivity contribution < 1.29 is 42.2 Å². The number of halogens is 2. The minimum absolute atomic E-state index is 0. The van der Waals surface area contributed by atoms with Crippen molar-refractivity contribution in [1.29, 1.82) is 0 Å². The molecule has 0 amide bonds. The Morgan fingerprint density at radius 2 is 1.65 bits per heavy atom. The second kappa shape index (κ2) is 9.86. The molecule has 2 atom stereocenters. The summed E-state index contributed by atoms with van der Waals surface area (Å²) in [4.78, 5) is 0. The van der Waals surface area contributed by atoms with Crippen LogP contribution in [0.4, 0.5) is 0 Å². The molecule has 20 heavy (non-hydrogen) atoms. The van der Waals surface area contributed by atoms with Crippen LogP contribution < -0.4 is 28.6 Å². The summed E-state index contributed by atoms with van der Waals surface area (Å²) in [5.74, 6) is 0.714. The molecular weight excluding hydrogens is 341 g/mol. The molecular formula is C15H30Cl2NSiTi. The molecule has 0 saturated heterocycles. The number of hydrogen-bond donors (Lipinski definition) is 1. The van der Waals surface area contributed by atoms with Gasteiger partial charge in [-0.1, -0.05) is 0 Å². The van der Waals surface area contributed by atoms with E-state index in [9.17, 15) is 0 Å². The minimum atomic E-state index is -1.21. The number of rotatable bonds is 5. The smallest absolute Gasteiger partial charge is 1.00 e. The monoisotopic (exact) mass is 370 g/mol. The first-order chi connectivity index (χ1) is 8.31. The van der Waals surface area contributed by atoms with Crippen LogP contribution in [0.25, 0.3) is 0 Å². The van der Waals surface area contributed by atoms with E-state index in [0.717, 1.165) is 0 Å². The molecule has 5 heteroatoms. The molecule has 0 aromatic carbocycles. The van der Waals surface area contributed by atoms with Gasteiger partial charge in [-0.25, -0.2) is 0 Å². The van der Waals surface area contributed by atoms with Crippen LogP contribution in [-0.2, 0) is 17.4 Å². The third-order valence-electron chi connectivity index (χ3n) is 4.52. The molecule has 117 valence electrons. The van der Waals surface area contributed by atoms with Gasteiger partial charge in [-0.2, -0.15) is 0 Å². The normalized spacial score (nSPS) is 19.9. The Hall–Kier alpha value is 0.951. The van der Waals surface area contributed by atoms with Crippen LogP contribution in [0, 0.1) is 5.92 Å². The van der Waals surface area contributed by atoms with Gasteiger partial charge in [0.2, 0.25) is 0 Å². The molecule has 1 aliphatic carbocycles.